The molecule has 0 atom stereocenters. The van der Waals surface area contributed by atoms with Gasteiger partial charge in [-0.15, -0.1) is 0 Å². The van der Waals surface area contributed by atoms with Crippen LogP contribution in [-0.2, 0) is 11.3 Å². The SMILES string of the molecule is CCN(C(=O)CCn1c(C2CCCCC2)nc2cccc(F)c21)C1CCCCC1. The zero-order chi connectivity index (χ0) is 20.2. The van der Waals surface area contributed by atoms with Crippen LogP contribution in [0.25, 0.3) is 11.0 Å². The van der Waals surface area contributed by atoms with Crippen LogP contribution in [0.3, 0.4) is 0 Å². The van der Waals surface area contributed by atoms with E-state index in [0.717, 1.165) is 43.6 Å². The van der Waals surface area contributed by atoms with Crippen LogP contribution in [0.15, 0.2) is 18.2 Å². The number of para-hydroxylation sites is 1. The molecule has 4 nitrogen and oxygen atoms in total. The van der Waals surface area contributed by atoms with Gasteiger partial charge in [0.1, 0.15) is 17.2 Å². The molecule has 0 N–H and O–H groups in total. The first-order valence-electron chi connectivity index (χ1n) is 11.6. The summed E-state index contributed by atoms with van der Waals surface area (Å²) in [5.74, 6) is 1.33. The van der Waals surface area contributed by atoms with Crippen LogP contribution in [0.1, 0.15) is 89.3 Å². The highest BCUT2D eigenvalue weighted by Crippen LogP contribution is 2.34. The lowest BCUT2D eigenvalue weighted by atomic mass is 9.88. The molecule has 0 saturated heterocycles. The number of carbonyl (C=O) groups is 1. The van der Waals surface area contributed by atoms with Crippen molar-refractivity contribution in [3.63, 3.8) is 0 Å². The second-order valence-corrected chi connectivity index (χ2v) is 8.79. The van der Waals surface area contributed by atoms with Crippen molar-refractivity contribution >= 4 is 16.9 Å². The fraction of sp³-hybridized carbons (Fsp3) is 0.667. The molecule has 5 heteroatoms. The Hall–Kier alpha value is -1.91. The minimum atomic E-state index is -0.232. The third-order valence-corrected chi connectivity index (χ3v) is 6.94. The Morgan fingerprint density at radius 2 is 1.79 bits per heavy atom. The van der Waals surface area contributed by atoms with Gasteiger partial charge in [0, 0.05) is 31.5 Å². The van der Waals surface area contributed by atoms with Crippen molar-refractivity contribution in [2.45, 2.75) is 96.1 Å². The Bertz CT molecular complexity index is 834. The van der Waals surface area contributed by atoms with Gasteiger partial charge in [-0.3, -0.25) is 4.79 Å². The van der Waals surface area contributed by atoms with Crippen molar-refractivity contribution in [2.24, 2.45) is 0 Å². The molecular weight excluding hydrogens is 365 g/mol. The molecule has 2 aromatic rings. The van der Waals surface area contributed by atoms with E-state index in [-0.39, 0.29) is 11.7 Å². The minimum absolute atomic E-state index is 0.201. The average molecular weight is 400 g/mol. The second kappa shape index (κ2) is 9.27. The third kappa shape index (κ3) is 4.34. The molecule has 4 rings (SSSR count). The molecule has 2 saturated carbocycles. The fourth-order valence-electron chi connectivity index (χ4n) is 5.44. The lowest BCUT2D eigenvalue weighted by molar-refractivity contribution is -0.134. The number of aryl methyl sites for hydroxylation is 1. The maximum atomic E-state index is 14.7. The van der Waals surface area contributed by atoms with Gasteiger partial charge < -0.3 is 9.47 Å². The second-order valence-electron chi connectivity index (χ2n) is 8.79. The Balaban J connectivity index is 1.56. The standard InChI is InChI=1S/C24H34FN3O/c1-2-27(19-12-7-4-8-13-19)22(29)16-17-28-23-20(25)14-9-15-21(23)26-24(28)18-10-5-3-6-11-18/h9,14-15,18-19H,2-8,10-13,16-17H2,1H3. The molecule has 0 radical (unpaired) electrons. The number of benzene rings is 1. The number of nitrogens with zero attached hydrogens (tertiary/aromatic N) is 3. The maximum Gasteiger partial charge on any atom is 0.224 e. The average Bonchev–Trinajstić information content (AvgIpc) is 3.14. The van der Waals surface area contributed by atoms with Gasteiger partial charge in [-0.2, -0.15) is 0 Å². The Kier molecular flexibility index (Phi) is 6.51. The molecule has 1 amide bonds. The van der Waals surface area contributed by atoms with Gasteiger partial charge in [0.25, 0.3) is 0 Å². The molecule has 1 aromatic carbocycles. The normalized spacial score (nSPS) is 19.0. The van der Waals surface area contributed by atoms with Crippen molar-refractivity contribution < 1.29 is 9.18 Å². The van der Waals surface area contributed by atoms with Crippen LogP contribution in [0.4, 0.5) is 4.39 Å². The molecule has 1 aromatic heterocycles. The number of imidazole rings is 1. The van der Waals surface area contributed by atoms with Crippen molar-refractivity contribution in [3.05, 3.63) is 29.8 Å². The van der Waals surface area contributed by atoms with Gasteiger partial charge in [-0.25, -0.2) is 9.37 Å². The molecule has 2 aliphatic rings. The molecule has 0 spiro atoms. The Morgan fingerprint density at radius 1 is 1.10 bits per heavy atom. The topological polar surface area (TPSA) is 38.1 Å². The van der Waals surface area contributed by atoms with Crippen LogP contribution >= 0.6 is 0 Å². The van der Waals surface area contributed by atoms with E-state index in [0.29, 0.717) is 30.4 Å². The summed E-state index contributed by atoms with van der Waals surface area (Å²) in [5, 5.41) is 0. The van der Waals surface area contributed by atoms with E-state index >= 15 is 0 Å². The van der Waals surface area contributed by atoms with Gasteiger partial charge >= 0.3 is 0 Å². The van der Waals surface area contributed by atoms with E-state index in [1.807, 2.05) is 10.6 Å². The highest BCUT2D eigenvalue weighted by Gasteiger charge is 2.26. The summed E-state index contributed by atoms with van der Waals surface area (Å²) >= 11 is 0. The molecule has 0 unspecified atom stereocenters. The minimum Gasteiger partial charge on any atom is -0.340 e. The van der Waals surface area contributed by atoms with Crippen LogP contribution in [-0.4, -0.2) is 32.9 Å². The zero-order valence-corrected chi connectivity index (χ0v) is 17.7. The van der Waals surface area contributed by atoms with Crippen LogP contribution in [0.2, 0.25) is 0 Å². The molecule has 0 aliphatic heterocycles. The summed E-state index contributed by atoms with van der Waals surface area (Å²) in [6, 6.07) is 5.51. The number of rotatable bonds is 6. The van der Waals surface area contributed by atoms with Crippen molar-refractivity contribution in [1.29, 1.82) is 0 Å². The zero-order valence-electron chi connectivity index (χ0n) is 17.7. The van der Waals surface area contributed by atoms with E-state index in [1.54, 1.807) is 6.07 Å². The van der Waals surface area contributed by atoms with E-state index < -0.39 is 0 Å². The maximum absolute atomic E-state index is 14.7. The molecule has 2 aliphatic carbocycles. The van der Waals surface area contributed by atoms with E-state index in [1.165, 1.54) is 44.6 Å². The number of fused-ring (bicyclic) bond motifs is 1. The monoisotopic (exact) mass is 399 g/mol. The molecule has 0 bridgehead atoms. The van der Waals surface area contributed by atoms with Crippen LogP contribution < -0.4 is 0 Å². The van der Waals surface area contributed by atoms with E-state index in [9.17, 15) is 9.18 Å². The first-order chi connectivity index (χ1) is 14.2. The summed E-state index contributed by atoms with van der Waals surface area (Å²) in [4.78, 5) is 20.0. The quantitative estimate of drug-likeness (QED) is 0.616. The predicted molar refractivity (Wildman–Crippen MR) is 114 cm³/mol. The highest BCUT2D eigenvalue weighted by molar-refractivity contribution is 5.79. The highest BCUT2D eigenvalue weighted by atomic mass is 19.1. The van der Waals surface area contributed by atoms with Crippen molar-refractivity contribution in [1.82, 2.24) is 14.5 Å². The summed E-state index contributed by atoms with van der Waals surface area (Å²) in [7, 11) is 0. The van der Waals surface area contributed by atoms with E-state index in [4.69, 9.17) is 4.98 Å². The van der Waals surface area contributed by atoms with Gasteiger partial charge in [0.05, 0.1) is 5.52 Å². The fourth-order valence-corrected chi connectivity index (χ4v) is 5.44. The number of halogens is 1. The largest absolute Gasteiger partial charge is 0.340 e. The van der Waals surface area contributed by atoms with Gasteiger partial charge in [-0.1, -0.05) is 44.6 Å². The number of hydrogen-bond acceptors (Lipinski definition) is 2. The Labute approximate surface area is 173 Å². The summed E-state index contributed by atoms with van der Waals surface area (Å²) in [6.45, 7) is 3.36. The van der Waals surface area contributed by atoms with Crippen LogP contribution in [0, 0.1) is 5.82 Å². The van der Waals surface area contributed by atoms with Gasteiger partial charge in [0.2, 0.25) is 5.91 Å². The molecular formula is C24H34FN3O. The van der Waals surface area contributed by atoms with Crippen LogP contribution in [0.5, 0.6) is 0 Å². The smallest absolute Gasteiger partial charge is 0.224 e. The molecule has 2 fully saturated rings. The first-order valence-corrected chi connectivity index (χ1v) is 11.6. The lowest BCUT2D eigenvalue weighted by Gasteiger charge is -2.34. The number of amides is 1. The molecule has 158 valence electrons. The number of carbonyl (C=O) groups excluding carboxylic acids is 1. The summed E-state index contributed by atoms with van der Waals surface area (Å²) in [6.07, 6.45) is 12.3. The van der Waals surface area contributed by atoms with Crippen molar-refractivity contribution in [3.8, 4) is 0 Å². The third-order valence-electron chi connectivity index (χ3n) is 6.94. The van der Waals surface area contributed by atoms with Crippen molar-refractivity contribution in [2.75, 3.05) is 6.54 Å². The lowest BCUT2D eigenvalue weighted by Crippen LogP contribution is -2.41. The van der Waals surface area contributed by atoms with Gasteiger partial charge in [-0.05, 0) is 44.7 Å². The van der Waals surface area contributed by atoms with E-state index in [2.05, 4.69) is 11.8 Å². The summed E-state index contributed by atoms with van der Waals surface area (Å²) < 4.78 is 16.7. The predicted octanol–water partition coefficient (Wildman–Crippen LogP) is 5.79. The molecule has 29 heavy (non-hydrogen) atoms. The van der Waals surface area contributed by atoms with Gasteiger partial charge in [0.15, 0.2) is 0 Å². The number of aromatic nitrogens is 2. The first kappa shape index (κ1) is 20.4. The molecule has 1 heterocycles. The Morgan fingerprint density at radius 3 is 2.48 bits per heavy atom. The number of hydrogen-bond donors (Lipinski definition) is 0. The summed E-state index contributed by atoms with van der Waals surface area (Å²) in [5.41, 5.74) is 1.29.